The van der Waals surface area contributed by atoms with Crippen molar-refractivity contribution in [1.29, 1.82) is 0 Å². The number of carbonyl (C=O) groups is 3. The Hall–Kier alpha value is -2.18. The average Bonchev–Trinajstić information content (AvgIpc) is 2.79. The number of hydrogen-bond acceptors (Lipinski definition) is 4. The lowest BCUT2D eigenvalue weighted by Gasteiger charge is -2.09. The van der Waals surface area contributed by atoms with Crippen molar-refractivity contribution < 1.29 is 14.4 Å². The molecular formula is C17H22ClN3O3. The Bertz CT molecular complexity index is 646. The Kier molecular flexibility index (Phi) is 7.61. The number of imide groups is 1. The molecule has 24 heavy (non-hydrogen) atoms. The molecule has 0 spiro atoms. The Morgan fingerprint density at radius 2 is 1.88 bits per heavy atom. The Morgan fingerprint density at radius 1 is 1.17 bits per heavy atom. The number of fused-ring (bicyclic) bond motifs is 1. The minimum Gasteiger partial charge on any atom is -0.351 e. The largest absolute Gasteiger partial charge is 0.351 e. The van der Waals surface area contributed by atoms with Gasteiger partial charge < -0.3 is 10.6 Å². The quantitative estimate of drug-likeness (QED) is 0.424. The maximum Gasteiger partial charge on any atom is 0.261 e. The van der Waals surface area contributed by atoms with Crippen LogP contribution in [0.2, 0.25) is 0 Å². The number of carbonyl (C=O) groups excluding carboxylic acids is 3. The van der Waals surface area contributed by atoms with Gasteiger partial charge in [0.25, 0.3) is 17.7 Å². The lowest BCUT2D eigenvalue weighted by atomic mass is 10.1. The van der Waals surface area contributed by atoms with Crippen molar-refractivity contribution in [3.05, 3.63) is 47.5 Å². The fourth-order valence-corrected chi connectivity index (χ4v) is 2.40. The first-order valence-electron chi connectivity index (χ1n) is 7.70. The van der Waals surface area contributed by atoms with Crippen molar-refractivity contribution in [1.82, 2.24) is 15.5 Å². The van der Waals surface area contributed by atoms with Crippen molar-refractivity contribution in [3.8, 4) is 0 Å². The van der Waals surface area contributed by atoms with Crippen LogP contribution in [0.15, 0.2) is 30.9 Å². The minimum absolute atomic E-state index is 0. The predicted octanol–water partition coefficient (Wildman–Crippen LogP) is 1.62. The number of hydrogen-bond donors (Lipinski definition) is 2. The summed E-state index contributed by atoms with van der Waals surface area (Å²) in [6.07, 6.45) is 2.54. The molecule has 1 aromatic rings. The van der Waals surface area contributed by atoms with Gasteiger partial charge in [0, 0.05) is 25.2 Å². The molecule has 7 heteroatoms. The van der Waals surface area contributed by atoms with E-state index in [1.54, 1.807) is 6.07 Å². The number of nitrogens with one attached hydrogen (secondary N) is 2. The molecule has 1 aliphatic rings. The van der Waals surface area contributed by atoms with Crippen LogP contribution in [0, 0.1) is 0 Å². The van der Waals surface area contributed by atoms with E-state index >= 15 is 0 Å². The van der Waals surface area contributed by atoms with E-state index in [1.807, 2.05) is 0 Å². The van der Waals surface area contributed by atoms with E-state index in [1.165, 1.54) is 18.2 Å². The maximum absolute atomic E-state index is 12.2. The highest BCUT2D eigenvalue weighted by molar-refractivity contribution is 6.22. The molecule has 0 saturated carbocycles. The van der Waals surface area contributed by atoms with Crippen LogP contribution in [0.5, 0.6) is 0 Å². The smallest absolute Gasteiger partial charge is 0.261 e. The lowest BCUT2D eigenvalue weighted by molar-refractivity contribution is 0.0672. The van der Waals surface area contributed by atoms with Gasteiger partial charge in [0.1, 0.15) is 0 Å². The lowest BCUT2D eigenvalue weighted by Crippen LogP contribution is -2.32. The monoisotopic (exact) mass is 351 g/mol. The molecule has 2 N–H and O–H groups in total. The summed E-state index contributed by atoms with van der Waals surface area (Å²) in [6.45, 7) is 7.88. The molecule has 1 aliphatic heterocycles. The van der Waals surface area contributed by atoms with Gasteiger partial charge in [-0.15, -0.1) is 19.0 Å². The molecule has 6 nitrogen and oxygen atoms in total. The highest BCUT2D eigenvalue weighted by Gasteiger charge is 2.35. The zero-order chi connectivity index (χ0) is 16.8. The molecule has 0 bridgehead atoms. The number of benzene rings is 1. The van der Waals surface area contributed by atoms with Gasteiger partial charge >= 0.3 is 0 Å². The van der Waals surface area contributed by atoms with E-state index in [-0.39, 0.29) is 42.2 Å². The van der Waals surface area contributed by atoms with E-state index in [9.17, 15) is 14.4 Å². The van der Waals surface area contributed by atoms with Crippen LogP contribution in [0.1, 0.15) is 44.4 Å². The summed E-state index contributed by atoms with van der Waals surface area (Å²) >= 11 is 0. The summed E-state index contributed by atoms with van der Waals surface area (Å²) < 4.78 is 0. The highest BCUT2D eigenvalue weighted by atomic mass is 35.5. The van der Waals surface area contributed by atoms with Crippen molar-refractivity contribution in [2.24, 2.45) is 0 Å². The van der Waals surface area contributed by atoms with Gasteiger partial charge in [0.05, 0.1) is 11.1 Å². The average molecular weight is 352 g/mol. The van der Waals surface area contributed by atoms with Crippen LogP contribution in [-0.4, -0.2) is 48.8 Å². The Balaban J connectivity index is 0.00000288. The third kappa shape index (κ3) is 4.21. The first-order valence-corrected chi connectivity index (χ1v) is 7.70. The molecule has 0 unspecified atom stereocenters. The van der Waals surface area contributed by atoms with Gasteiger partial charge in [-0.3, -0.25) is 19.3 Å². The van der Waals surface area contributed by atoms with Crippen LogP contribution in [0.4, 0.5) is 0 Å². The number of halogens is 1. The van der Waals surface area contributed by atoms with Crippen LogP contribution >= 0.6 is 12.4 Å². The van der Waals surface area contributed by atoms with E-state index < -0.39 is 0 Å². The van der Waals surface area contributed by atoms with Gasteiger partial charge in [-0.1, -0.05) is 13.0 Å². The van der Waals surface area contributed by atoms with Crippen molar-refractivity contribution in [2.75, 3.05) is 26.2 Å². The second kappa shape index (κ2) is 9.20. The van der Waals surface area contributed by atoms with Crippen LogP contribution in [0.3, 0.4) is 0 Å². The van der Waals surface area contributed by atoms with Crippen LogP contribution in [0.25, 0.3) is 0 Å². The summed E-state index contributed by atoms with van der Waals surface area (Å²) in [6, 6.07) is 4.58. The zero-order valence-electron chi connectivity index (χ0n) is 13.6. The van der Waals surface area contributed by atoms with Crippen LogP contribution in [-0.2, 0) is 0 Å². The number of amides is 3. The zero-order valence-corrected chi connectivity index (χ0v) is 14.4. The Morgan fingerprint density at radius 3 is 2.54 bits per heavy atom. The highest BCUT2D eigenvalue weighted by Crippen LogP contribution is 2.23. The summed E-state index contributed by atoms with van der Waals surface area (Å²) in [4.78, 5) is 37.5. The molecule has 0 aliphatic carbocycles. The van der Waals surface area contributed by atoms with Gasteiger partial charge in [-0.25, -0.2) is 0 Å². The van der Waals surface area contributed by atoms with Gasteiger partial charge in [-0.05, 0) is 31.2 Å². The molecule has 1 aromatic carbocycles. The summed E-state index contributed by atoms with van der Waals surface area (Å²) in [5, 5.41) is 5.97. The topological polar surface area (TPSA) is 78.5 Å². The second-order valence-corrected chi connectivity index (χ2v) is 5.28. The molecule has 3 amide bonds. The molecule has 0 saturated heterocycles. The summed E-state index contributed by atoms with van der Waals surface area (Å²) in [5.41, 5.74) is 0.979. The van der Waals surface area contributed by atoms with Crippen molar-refractivity contribution in [3.63, 3.8) is 0 Å². The molecule has 0 fully saturated rings. The first kappa shape index (κ1) is 19.9. The molecule has 2 rings (SSSR count). The number of nitrogens with zero attached hydrogens (tertiary/aromatic N) is 1. The minimum atomic E-state index is -0.385. The molecule has 0 aromatic heterocycles. The standard InChI is InChI=1S/C17H21N3O3.ClH/c1-3-7-18-8-9-19-15(21)12-5-6-13-14(11-12)17(23)20(10-4-2)16(13)22;/h4-6,11,18H,2-3,7-10H2,1H3,(H,19,21);1H. The van der Waals surface area contributed by atoms with E-state index in [2.05, 4.69) is 24.1 Å². The van der Waals surface area contributed by atoms with Gasteiger partial charge in [-0.2, -0.15) is 0 Å². The fraction of sp³-hybridized carbons (Fsp3) is 0.353. The van der Waals surface area contributed by atoms with Crippen LogP contribution < -0.4 is 10.6 Å². The summed E-state index contributed by atoms with van der Waals surface area (Å²) in [7, 11) is 0. The summed E-state index contributed by atoms with van der Waals surface area (Å²) in [5.74, 6) is -0.988. The van der Waals surface area contributed by atoms with Crippen molar-refractivity contribution >= 4 is 30.1 Å². The molecule has 1 heterocycles. The number of rotatable bonds is 8. The fourth-order valence-electron chi connectivity index (χ4n) is 2.40. The molecule has 0 atom stereocenters. The second-order valence-electron chi connectivity index (χ2n) is 5.28. The van der Waals surface area contributed by atoms with Gasteiger partial charge in [0.15, 0.2) is 0 Å². The third-order valence-corrected chi connectivity index (χ3v) is 3.56. The normalized spacial score (nSPS) is 12.6. The molecule has 0 radical (unpaired) electrons. The van der Waals surface area contributed by atoms with E-state index in [0.717, 1.165) is 17.9 Å². The van der Waals surface area contributed by atoms with E-state index in [0.29, 0.717) is 24.2 Å². The van der Waals surface area contributed by atoms with E-state index in [4.69, 9.17) is 0 Å². The third-order valence-electron chi connectivity index (χ3n) is 3.56. The predicted molar refractivity (Wildman–Crippen MR) is 94.7 cm³/mol. The van der Waals surface area contributed by atoms with Gasteiger partial charge in [0.2, 0.25) is 0 Å². The molecule has 130 valence electrons. The SMILES string of the molecule is C=CCN1C(=O)c2ccc(C(=O)NCCNCCC)cc2C1=O.Cl. The maximum atomic E-state index is 12.2. The Labute approximate surface area is 147 Å². The molecular weight excluding hydrogens is 330 g/mol. The van der Waals surface area contributed by atoms with Crippen molar-refractivity contribution in [2.45, 2.75) is 13.3 Å². The first-order chi connectivity index (χ1) is 11.1.